The van der Waals surface area contributed by atoms with E-state index in [1.807, 2.05) is 49.9 Å². The SMILES string of the molecule is CC(C)Oc1cccc(C(=O)N2CCCC(C(C)N)C2)c1. The van der Waals surface area contributed by atoms with E-state index in [0.29, 0.717) is 11.5 Å². The smallest absolute Gasteiger partial charge is 0.253 e. The van der Waals surface area contributed by atoms with Crippen LogP contribution in [0, 0.1) is 5.92 Å². The van der Waals surface area contributed by atoms with E-state index < -0.39 is 0 Å². The maximum Gasteiger partial charge on any atom is 0.253 e. The number of carbonyl (C=O) groups is 1. The van der Waals surface area contributed by atoms with Gasteiger partial charge in [0.2, 0.25) is 0 Å². The summed E-state index contributed by atoms with van der Waals surface area (Å²) in [6.07, 6.45) is 2.24. The van der Waals surface area contributed by atoms with Crippen LogP contribution in [0.5, 0.6) is 5.75 Å². The molecule has 1 aliphatic heterocycles. The fourth-order valence-electron chi connectivity index (χ4n) is 2.78. The molecule has 1 aromatic rings. The highest BCUT2D eigenvalue weighted by Gasteiger charge is 2.26. The quantitative estimate of drug-likeness (QED) is 0.927. The first kappa shape index (κ1) is 15.8. The van der Waals surface area contributed by atoms with Crippen molar-refractivity contribution < 1.29 is 9.53 Å². The zero-order valence-corrected chi connectivity index (χ0v) is 13.2. The lowest BCUT2D eigenvalue weighted by molar-refractivity contribution is 0.0660. The van der Waals surface area contributed by atoms with E-state index >= 15 is 0 Å². The number of rotatable bonds is 4. The van der Waals surface area contributed by atoms with E-state index in [0.717, 1.165) is 31.7 Å². The third kappa shape index (κ3) is 4.21. The Morgan fingerprint density at radius 2 is 2.14 bits per heavy atom. The number of likely N-dealkylation sites (tertiary alicyclic amines) is 1. The molecule has 0 aromatic heterocycles. The molecule has 2 unspecified atom stereocenters. The average Bonchev–Trinajstić information content (AvgIpc) is 2.46. The minimum absolute atomic E-state index is 0.0783. The van der Waals surface area contributed by atoms with Gasteiger partial charge in [0.15, 0.2) is 0 Å². The number of ether oxygens (including phenoxy) is 1. The van der Waals surface area contributed by atoms with Gasteiger partial charge in [-0.2, -0.15) is 0 Å². The Bertz CT molecular complexity index is 485. The van der Waals surface area contributed by atoms with Crippen molar-refractivity contribution in [1.29, 1.82) is 0 Å². The van der Waals surface area contributed by atoms with Gasteiger partial charge < -0.3 is 15.4 Å². The molecule has 4 nitrogen and oxygen atoms in total. The first-order valence-electron chi connectivity index (χ1n) is 7.79. The number of nitrogens with zero attached hydrogens (tertiary/aromatic N) is 1. The Morgan fingerprint density at radius 1 is 1.38 bits per heavy atom. The van der Waals surface area contributed by atoms with Crippen molar-refractivity contribution in [1.82, 2.24) is 4.90 Å². The minimum atomic E-state index is 0.0783. The Hall–Kier alpha value is -1.55. The van der Waals surface area contributed by atoms with Crippen LogP contribution in [0.2, 0.25) is 0 Å². The van der Waals surface area contributed by atoms with Crippen molar-refractivity contribution in [2.24, 2.45) is 11.7 Å². The van der Waals surface area contributed by atoms with Gasteiger partial charge >= 0.3 is 0 Å². The van der Waals surface area contributed by atoms with Gasteiger partial charge in [-0.3, -0.25) is 4.79 Å². The van der Waals surface area contributed by atoms with Crippen LogP contribution in [-0.2, 0) is 0 Å². The molecule has 0 spiro atoms. The molecule has 1 heterocycles. The van der Waals surface area contributed by atoms with E-state index in [1.54, 1.807) is 0 Å². The highest BCUT2D eigenvalue weighted by Crippen LogP contribution is 2.22. The first-order valence-corrected chi connectivity index (χ1v) is 7.79. The third-order valence-electron chi connectivity index (χ3n) is 3.94. The first-order chi connectivity index (χ1) is 9.97. The molecule has 1 saturated heterocycles. The van der Waals surface area contributed by atoms with E-state index in [4.69, 9.17) is 10.5 Å². The highest BCUT2D eigenvalue weighted by molar-refractivity contribution is 5.94. The molecule has 116 valence electrons. The number of hydrogen-bond acceptors (Lipinski definition) is 3. The highest BCUT2D eigenvalue weighted by atomic mass is 16.5. The molecule has 0 bridgehead atoms. The van der Waals surface area contributed by atoms with Crippen LogP contribution in [0.25, 0.3) is 0 Å². The summed E-state index contributed by atoms with van der Waals surface area (Å²) < 4.78 is 5.66. The van der Waals surface area contributed by atoms with Crippen molar-refractivity contribution in [3.63, 3.8) is 0 Å². The number of benzene rings is 1. The molecule has 2 rings (SSSR count). The number of hydrogen-bond donors (Lipinski definition) is 1. The summed E-state index contributed by atoms with van der Waals surface area (Å²) >= 11 is 0. The van der Waals surface area contributed by atoms with Gasteiger partial charge in [0.05, 0.1) is 6.10 Å². The third-order valence-corrected chi connectivity index (χ3v) is 3.94. The number of amides is 1. The lowest BCUT2D eigenvalue weighted by atomic mass is 9.92. The summed E-state index contributed by atoms with van der Waals surface area (Å²) in [7, 11) is 0. The Morgan fingerprint density at radius 3 is 2.81 bits per heavy atom. The summed E-state index contributed by atoms with van der Waals surface area (Å²) in [6.45, 7) is 7.55. The monoisotopic (exact) mass is 290 g/mol. The second kappa shape index (κ2) is 6.94. The molecule has 0 aliphatic carbocycles. The van der Waals surface area contributed by atoms with E-state index in [2.05, 4.69) is 0 Å². The fraction of sp³-hybridized carbons (Fsp3) is 0.588. The molecule has 1 aliphatic rings. The van der Waals surface area contributed by atoms with Crippen molar-refractivity contribution >= 4 is 5.91 Å². The number of nitrogens with two attached hydrogens (primary N) is 1. The molecule has 4 heteroatoms. The van der Waals surface area contributed by atoms with Gasteiger partial charge in [-0.25, -0.2) is 0 Å². The standard InChI is InChI=1S/C17H26N2O2/c1-12(2)21-16-8-4-6-14(10-16)17(20)19-9-5-7-15(11-19)13(3)18/h4,6,8,10,12-13,15H,5,7,9,11,18H2,1-3H3. The molecule has 1 fully saturated rings. The van der Waals surface area contributed by atoms with Crippen molar-refractivity contribution in [2.45, 2.75) is 45.8 Å². The molecular formula is C17H26N2O2. The van der Waals surface area contributed by atoms with Crippen LogP contribution in [0.15, 0.2) is 24.3 Å². The van der Waals surface area contributed by atoms with E-state index in [1.165, 1.54) is 0 Å². The maximum absolute atomic E-state index is 12.6. The zero-order chi connectivity index (χ0) is 15.4. The van der Waals surface area contributed by atoms with E-state index in [-0.39, 0.29) is 18.1 Å². The Labute approximate surface area is 127 Å². The van der Waals surface area contributed by atoms with Gasteiger partial charge in [-0.05, 0) is 57.7 Å². The molecule has 2 atom stereocenters. The van der Waals surface area contributed by atoms with Gasteiger partial charge in [0, 0.05) is 24.7 Å². The minimum Gasteiger partial charge on any atom is -0.491 e. The molecule has 21 heavy (non-hydrogen) atoms. The number of piperidine rings is 1. The molecule has 1 aromatic carbocycles. The van der Waals surface area contributed by atoms with Crippen LogP contribution in [0.4, 0.5) is 0 Å². The van der Waals surface area contributed by atoms with Crippen molar-refractivity contribution in [3.05, 3.63) is 29.8 Å². The van der Waals surface area contributed by atoms with Gasteiger partial charge in [-0.15, -0.1) is 0 Å². The predicted octanol–water partition coefficient (Wildman–Crippen LogP) is 2.67. The molecule has 2 N–H and O–H groups in total. The van der Waals surface area contributed by atoms with Crippen LogP contribution in [-0.4, -0.2) is 36.0 Å². The average molecular weight is 290 g/mol. The second-order valence-electron chi connectivity index (χ2n) is 6.21. The lowest BCUT2D eigenvalue weighted by Gasteiger charge is -2.34. The topological polar surface area (TPSA) is 55.6 Å². The lowest BCUT2D eigenvalue weighted by Crippen LogP contribution is -2.45. The van der Waals surface area contributed by atoms with Crippen LogP contribution in [0.1, 0.15) is 44.0 Å². The fourth-order valence-corrected chi connectivity index (χ4v) is 2.78. The van der Waals surface area contributed by atoms with Crippen molar-refractivity contribution in [2.75, 3.05) is 13.1 Å². The van der Waals surface area contributed by atoms with Crippen LogP contribution >= 0.6 is 0 Å². The van der Waals surface area contributed by atoms with E-state index in [9.17, 15) is 4.79 Å². The Balaban J connectivity index is 2.08. The summed E-state index contributed by atoms with van der Waals surface area (Å²) in [5.41, 5.74) is 6.68. The van der Waals surface area contributed by atoms with Crippen LogP contribution < -0.4 is 10.5 Å². The summed E-state index contributed by atoms with van der Waals surface area (Å²) in [5.74, 6) is 1.23. The Kier molecular flexibility index (Phi) is 5.23. The zero-order valence-electron chi connectivity index (χ0n) is 13.2. The normalized spacial score (nSPS) is 20.4. The molecule has 1 amide bonds. The van der Waals surface area contributed by atoms with Gasteiger partial charge in [0.25, 0.3) is 5.91 Å². The molecule has 0 radical (unpaired) electrons. The van der Waals surface area contributed by atoms with Crippen LogP contribution in [0.3, 0.4) is 0 Å². The van der Waals surface area contributed by atoms with Crippen molar-refractivity contribution in [3.8, 4) is 5.75 Å². The molecular weight excluding hydrogens is 264 g/mol. The largest absolute Gasteiger partial charge is 0.491 e. The predicted molar refractivity (Wildman–Crippen MR) is 84.5 cm³/mol. The van der Waals surface area contributed by atoms with Gasteiger partial charge in [-0.1, -0.05) is 6.07 Å². The van der Waals surface area contributed by atoms with Gasteiger partial charge in [0.1, 0.15) is 5.75 Å². The number of carbonyl (C=O) groups excluding carboxylic acids is 1. The maximum atomic E-state index is 12.6. The summed E-state index contributed by atoms with van der Waals surface area (Å²) in [5, 5.41) is 0. The second-order valence-corrected chi connectivity index (χ2v) is 6.21. The summed E-state index contributed by atoms with van der Waals surface area (Å²) in [6, 6.07) is 7.58. The molecule has 0 saturated carbocycles. The summed E-state index contributed by atoms with van der Waals surface area (Å²) in [4.78, 5) is 14.6.